The van der Waals surface area contributed by atoms with Crippen molar-refractivity contribution < 1.29 is 0 Å². The van der Waals surface area contributed by atoms with E-state index in [1.165, 1.54) is 0 Å². The van der Waals surface area contributed by atoms with Crippen LogP contribution in [0.15, 0.2) is 12.7 Å². The van der Waals surface area contributed by atoms with Gasteiger partial charge in [-0.2, -0.15) is 10.2 Å². The van der Waals surface area contributed by atoms with Gasteiger partial charge in [0.05, 0.1) is 6.54 Å². The Morgan fingerprint density at radius 3 is 2.42 bits per heavy atom. The predicted molar refractivity (Wildman–Crippen MR) is 71.5 cm³/mol. The Labute approximate surface area is 113 Å². The predicted octanol–water partition coefficient (Wildman–Crippen LogP) is 0.997. The summed E-state index contributed by atoms with van der Waals surface area (Å²) in [5.74, 6) is 1.80. The van der Waals surface area contributed by atoms with Crippen LogP contribution in [0.5, 0.6) is 0 Å². The summed E-state index contributed by atoms with van der Waals surface area (Å²) >= 11 is 0. The summed E-state index contributed by atoms with van der Waals surface area (Å²) in [5.41, 5.74) is 0. The van der Waals surface area contributed by atoms with E-state index in [2.05, 4.69) is 53.2 Å². The van der Waals surface area contributed by atoms with Crippen molar-refractivity contribution in [1.29, 1.82) is 0 Å². The maximum Gasteiger partial charge on any atom is 0.148 e. The van der Waals surface area contributed by atoms with Crippen LogP contribution in [-0.2, 0) is 13.1 Å². The number of rotatable bonds is 6. The summed E-state index contributed by atoms with van der Waals surface area (Å²) in [7, 11) is 0. The zero-order valence-electron chi connectivity index (χ0n) is 11.9. The molecule has 2 aromatic heterocycles. The van der Waals surface area contributed by atoms with Crippen molar-refractivity contribution in [3.05, 3.63) is 24.3 Å². The van der Waals surface area contributed by atoms with E-state index >= 15 is 0 Å². The van der Waals surface area contributed by atoms with E-state index in [4.69, 9.17) is 0 Å². The Morgan fingerprint density at radius 2 is 1.74 bits per heavy atom. The molecule has 0 fully saturated rings. The Morgan fingerprint density at radius 1 is 1.05 bits per heavy atom. The van der Waals surface area contributed by atoms with Gasteiger partial charge in [-0.05, 0) is 13.8 Å². The standard InChI is InChI=1S/C12H21N7/c1-9(2)13-5-11-14-7-16-18(11)6-12-15-8-17-19(12)10(3)4/h7-10,13H,5-6H2,1-4H3. The third-order valence-corrected chi connectivity index (χ3v) is 2.79. The maximum absolute atomic E-state index is 4.29. The van der Waals surface area contributed by atoms with E-state index in [1.54, 1.807) is 12.7 Å². The summed E-state index contributed by atoms with van der Waals surface area (Å²) in [6, 6.07) is 0.711. The van der Waals surface area contributed by atoms with Gasteiger partial charge in [-0.3, -0.25) is 0 Å². The van der Waals surface area contributed by atoms with Gasteiger partial charge in [0.25, 0.3) is 0 Å². The number of nitrogens with one attached hydrogen (secondary N) is 1. The fourth-order valence-corrected chi connectivity index (χ4v) is 1.80. The van der Waals surface area contributed by atoms with Crippen LogP contribution in [0, 0.1) is 0 Å². The van der Waals surface area contributed by atoms with Crippen LogP contribution in [0.25, 0.3) is 0 Å². The van der Waals surface area contributed by atoms with Gasteiger partial charge in [0.2, 0.25) is 0 Å². The van der Waals surface area contributed by atoms with E-state index in [-0.39, 0.29) is 0 Å². The van der Waals surface area contributed by atoms with Gasteiger partial charge in [-0.1, -0.05) is 13.8 Å². The summed E-state index contributed by atoms with van der Waals surface area (Å²) in [6.07, 6.45) is 3.16. The van der Waals surface area contributed by atoms with Gasteiger partial charge < -0.3 is 5.32 Å². The van der Waals surface area contributed by atoms with E-state index in [9.17, 15) is 0 Å². The Kier molecular flexibility index (Phi) is 4.26. The molecule has 0 aliphatic carbocycles. The van der Waals surface area contributed by atoms with E-state index < -0.39 is 0 Å². The van der Waals surface area contributed by atoms with E-state index in [1.807, 2.05) is 9.36 Å². The van der Waals surface area contributed by atoms with Gasteiger partial charge in [0.15, 0.2) is 0 Å². The highest BCUT2D eigenvalue weighted by molar-refractivity contribution is 4.92. The molecular formula is C12H21N7. The maximum atomic E-state index is 4.29. The van der Waals surface area contributed by atoms with Crippen LogP contribution >= 0.6 is 0 Å². The van der Waals surface area contributed by atoms with Crippen LogP contribution in [0.1, 0.15) is 45.4 Å². The quantitative estimate of drug-likeness (QED) is 0.841. The average Bonchev–Trinajstić information content (AvgIpc) is 2.96. The molecule has 0 unspecified atom stereocenters. The molecule has 0 saturated heterocycles. The lowest BCUT2D eigenvalue weighted by atomic mass is 10.4. The summed E-state index contributed by atoms with van der Waals surface area (Å²) in [6.45, 7) is 9.68. The topological polar surface area (TPSA) is 73.5 Å². The minimum atomic E-state index is 0.290. The zero-order chi connectivity index (χ0) is 13.8. The van der Waals surface area contributed by atoms with Gasteiger partial charge in [0, 0.05) is 12.1 Å². The van der Waals surface area contributed by atoms with Crippen molar-refractivity contribution in [1.82, 2.24) is 34.8 Å². The van der Waals surface area contributed by atoms with Crippen LogP contribution < -0.4 is 5.32 Å². The Balaban J connectivity index is 2.10. The summed E-state index contributed by atoms with van der Waals surface area (Å²) in [4.78, 5) is 8.57. The van der Waals surface area contributed by atoms with Gasteiger partial charge in [-0.25, -0.2) is 19.3 Å². The van der Waals surface area contributed by atoms with Crippen molar-refractivity contribution in [3.8, 4) is 0 Å². The summed E-state index contributed by atoms with van der Waals surface area (Å²) in [5, 5.41) is 11.8. The molecule has 0 radical (unpaired) electrons. The zero-order valence-corrected chi connectivity index (χ0v) is 11.9. The average molecular weight is 263 g/mol. The van der Waals surface area contributed by atoms with Crippen molar-refractivity contribution in [2.45, 2.75) is 52.9 Å². The fraction of sp³-hybridized carbons (Fsp3) is 0.667. The molecule has 7 nitrogen and oxygen atoms in total. The van der Waals surface area contributed by atoms with Crippen LogP contribution in [-0.4, -0.2) is 35.6 Å². The molecule has 0 aliphatic heterocycles. The molecule has 2 aromatic rings. The summed E-state index contributed by atoms with van der Waals surface area (Å²) < 4.78 is 3.76. The molecule has 1 N–H and O–H groups in total. The molecule has 0 spiro atoms. The molecule has 0 bridgehead atoms. The molecule has 0 aliphatic rings. The first-order valence-electron chi connectivity index (χ1n) is 6.56. The third-order valence-electron chi connectivity index (χ3n) is 2.79. The second kappa shape index (κ2) is 5.92. The minimum absolute atomic E-state index is 0.290. The fourth-order valence-electron chi connectivity index (χ4n) is 1.80. The van der Waals surface area contributed by atoms with Crippen LogP contribution in [0.2, 0.25) is 0 Å². The lowest BCUT2D eigenvalue weighted by Gasteiger charge is -2.11. The molecule has 2 heterocycles. The Hall–Kier alpha value is -1.76. The first kappa shape index (κ1) is 13.7. The lowest BCUT2D eigenvalue weighted by molar-refractivity contribution is 0.476. The highest BCUT2D eigenvalue weighted by Gasteiger charge is 2.11. The normalized spacial score (nSPS) is 11.7. The first-order chi connectivity index (χ1) is 9.08. The Bertz CT molecular complexity index is 512. The minimum Gasteiger partial charge on any atom is -0.308 e. The van der Waals surface area contributed by atoms with Crippen molar-refractivity contribution in [3.63, 3.8) is 0 Å². The number of nitrogens with zero attached hydrogens (tertiary/aromatic N) is 6. The number of hydrogen-bond donors (Lipinski definition) is 1. The molecule has 104 valence electrons. The SMILES string of the molecule is CC(C)NCc1ncnn1Cc1ncnn1C(C)C. The molecular weight excluding hydrogens is 242 g/mol. The van der Waals surface area contributed by atoms with Crippen molar-refractivity contribution in [2.24, 2.45) is 0 Å². The van der Waals surface area contributed by atoms with Crippen molar-refractivity contribution in [2.75, 3.05) is 0 Å². The van der Waals surface area contributed by atoms with Crippen LogP contribution in [0.4, 0.5) is 0 Å². The molecule has 2 rings (SSSR count). The first-order valence-corrected chi connectivity index (χ1v) is 6.56. The second-order valence-electron chi connectivity index (χ2n) is 5.08. The molecule has 19 heavy (non-hydrogen) atoms. The molecule has 0 atom stereocenters. The largest absolute Gasteiger partial charge is 0.308 e. The van der Waals surface area contributed by atoms with Gasteiger partial charge in [0.1, 0.15) is 30.8 Å². The molecule has 0 aromatic carbocycles. The number of aromatic nitrogens is 6. The highest BCUT2D eigenvalue weighted by Crippen LogP contribution is 2.07. The van der Waals surface area contributed by atoms with Gasteiger partial charge in [-0.15, -0.1) is 0 Å². The number of hydrogen-bond acceptors (Lipinski definition) is 5. The second-order valence-corrected chi connectivity index (χ2v) is 5.08. The molecule has 0 amide bonds. The molecule has 0 saturated carbocycles. The van der Waals surface area contributed by atoms with Crippen molar-refractivity contribution >= 4 is 0 Å². The van der Waals surface area contributed by atoms with E-state index in [0.717, 1.165) is 11.6 Å². The highest BCUT2D eigenvalue weighted by atomic mass is 15.4. The molecule has 7 heteroatoms. The lowest BCUT2D eigenvalue weighted by Crippen LogP contribution is -2.25. The third kappa shape index (κ3) is 3.37. The van der Waals surface area contributed by atoms with Gasteiger partial charge >= 0.3 is 0 Å². The van der Waals surface area contributed by atoms with Crippen LogP contribution in [0.3, 0.4) is 0 Å². The monoisotopic (exact) mass is 263 g/mol. The smallest absolute Gasteiger partial charge is 0.148 e. The van der Waals surface area contributed by atoms with E-state index in [0.29, 0.717) is 25.2 Å².